The van der Waals surface area contributed by atoms with Crippen molar-refractivity contribution in [1.82, 2.24) is 9.78 Å². The average Bonchev–Trinajstić information content (AvgIpc) is 2.80. The van der Waals surface area contributed by atoms with Gasteiger partial charge >= 0.3 is 0 Å². The zero-order chi connectivity index (χ0) is 14.7. The Morgan fingerprint density at radius 2 is 1.67 bits per heavy atom. The molecular weight excluding hydrogens is 439 g/mol. The summed E-state index contributed by atoms with van der Waals surface area (Å²) in [6, 6.07) is 11.1. The van der Waals surface area contributed by atoms with E-state index in [1.807, 2.05) is 0 Å². The van der Waals surface area contributed by atoms with Crippen LogP contribution in [-0.2, 0) is 27.5 Å². The molecule has 3 heteroatoms. The molecule has 1 aromatic heterocycles. The quantitative estimate of drug-likeness (QED) is 0.593. The third-order valence-electron chi connectivity index (χ3n) is 3.62. The third kappa shape index (κ3) is 3.86. The van der Waals surface area contributed by atoms with Crippen LogP contribution in [0.5, 0.6) is 0 Å². The van der Waals surface area contributed by atoms with Crippen molar-refractivity contribution in [2.24, 2.45) is 0 Å². The van der Waals surface area contributed by atoms with Crippen LogP contribution in [-0.4, -0.2) is 9.78 Å². The van der Waals surface area contributed by atoms with E-state index in [1.54, 1.807) is 0 Å². The molecule has 0 saturated carbocycles. The Kier molecular flexibility index (Phi) is 6.87. The Hall–Kier alpha value is -0.882. The molecule has 0 spiro atoms. The molecule has 2 nitrogen and oxygen atoms in total. The molecule has 0 aliphatic rings. The normalized spacial score (nSPS) is 11.0. The van der Waals surface area contributed by atoms with Crippen LogP contribution in [0.3, 0.4) is 0 Å². The van der Waals surface area contributed by atoms with E-state index in [-0.39, 0.29) is 21.1 Å². The van der Waals surface area contributed by atoms with Gasteiger partial charge in [0.05, 0.1) is 5.69 Å². The smallest absolute Gasteiger partial charge is 0.0731 e. The predicted octanol–water partition coefficient (Wildman–Crippen LogP) is 5.20. The van der Waals surface area contributed by atoms with Crippen LogP contribution in [0.2, 0.25) is 0 Å². The standard InChI is InChI=1S/C18H26N2.Pt/c1-6-10-16-17(15-11-8-7-9-12-15)18(13(2)3)19-20(16)14(4)5;/h7-9,11-14H,6,10H2,1-5H3;. The van der Waals surface area contributed by atoms with Crippen molar-refractivity contribution in [3.63, 3.8) is 0 Å². The van der Waals surface area contributed by atoms with Gasteiger partial charge in [0.15, 0.2) is 0 Å². The monoisotopic (exact) mass is 465 g/mol. The van der Waals surface area contributed by atoms with Gasteiger partial charge in [-0.2, -0.15) is 5.10 Å². The minimum atomic E-state index is 0. The number of hydrogen-bond acceptors (Lipinski definition) is 1. The Bertz CT molecular complexity index is 556. The fourth-order valence-electron chi connectivity index (χ4n) is 2.72. The number of hydrogen-bond donors (Lipinski definition) is 0. The van der Waals surface area contributed by atoms with Gasteiger partial charge in [0.25, 0.3) is 0 Å². The summed E-state index contributed by atoms with van der Waals surface area (Å²) < 4.78 is 2.22. The second kappa shape index (κ2) is 7.94. The van der Waals surface area contributed by atoms with Crippen LogP contribution in [0.1, 0.15) is 64.4 Å². The summed E-state index contributed by atoms with van der Waals surface area (Å²) in [6.45, 7) is 11.1. The molecule has 0 aliphatic heterocycles. The zero-order valence-electron chi connectivity index (χ0n) is 13.7. The Morgan fingerprint density at radius 1 is 1.05 bits per heavy atom. The summed E-state index contributed by atoms with van der Waals surface area (Å²) in [5.74, 6) is 0.445. The van der Waals surface area contributed by atoms with Crippen LogP contribution in [0.15, 0.2) is 30.3 Å². The van der Waals surface area contributed by atoms with Crippen LogP contribution in [0, 0.1) is 0 Å². The van der Waals surface area contributed by atoms with Crippen molar-refractivity contribution in [1.29, 1.82) is 0 Å². The van der Waals surface area contributed by atoms with E-state index in [0.717, 1.165) is 12.8 Å². The van der Waals surface area contributed by atoms with E-state index in [0.29, 0.717) is 12.0 Å². The summed E-state index contributed by atoms with van der Waals surface area (Å²) in [5, 5.41) is 4.92. The SMILES string of the molecule is CCCc1c(-c2ccccc2)c(C(C)C)nn1C(C)C.[Pt]. The second-order valence-electron chi connectivity index (χ2n) is 6.02. The Balaban J connectivity index is 0.00000220. The molecule has 1 aromatic carbocycles. The molecular formula is C18H26N2Pt. The average molecular weight is 465 g/mol. The van der Waals surface area contributed by atoms with Gasteiger partial charge < -0.3 is 0 Å². The zero-order valence-corrected chi connectivity index (χ0v) is 15.9. The topological polar surface area (TPSA) is 17.8 Å². The van der Waals surface area contributed by atoms with Crippen molar-refractivity contribution in [2.45, 2.75) is 59.4 Å². The predicted molar refractivity (Wildman–Crippen MR) is 86.1 cm³/mol. The first-order valence-corrected chi connectivity index (χ1v) is 7.72. The molecule has 118 valence electrons. The molecule has 0 N–H and O–H groups in total. The van der Waals surface area contributed by atoms with Gasteiger partial charge in [0.2, 0.25) is 0 Å². The number of rotatable bonds is 5. The fraction of sp³-hybridized carbons (Fsp3) is 0.500. The molecule has 0 atom stereocenters. The van der Waals surface area contributed by atoms with Gasteiger partial charge in [-0.15, -0.1) is 0 Å². The molecule has 0 bridgehead atoms. The van der Waals surface area contributed by atoms with Crippen LogP contribution in [0.25, 0.3) is 11.1 Å². The first-order valence-electron chi connectivity index (χ1n) is 7.72. The Labute approximate surface area is 143 Å². The van der Waals surface area contributed by atoms with Crippen LogP contribution in [0.4, 0.5) is 0 Å². The first-order chi connectivity index (χ1) is 9.56. The molecule has 0 amide bonds. The van der Waals surface area contributed by atoms with E-state index in [4.69, 9.17) is 5.10 Å². The van der Waals surface area contributed by atoms with Crippen molar-refractivity contribution < 1.29 is 21.1 Å². The number of nitrogens with zero attached hydrogens (tertiary/aromatic N) is 2. The fourth-order valence-corrected chi connectivity index (χ4v) is 2.72. The minimum absolute atomic E-state index is 0. The maximum absolute atomic E-state index is 4.92. The third-order valence-corrected chi connectivity index (χ3v) is 3.62. The Morgan fingerprint density at radius 3 is 2.14 bits per heavy atom. The van der Waals surface area contributed by atoms with Crippen molar-refractivity contribution in [3.8, 4) is 11.1 Å². The second-order valence-corrected chi connectivity index (χ2v) is 6.02. The molecule has 0 aliphatic carbocycles. The van der Waals surface area contributed by atoms with E-state index in [2.05, 4.69) is 69.6 Å². The maximum Gasteiger partial charge on any atom is 0.0731 e. The van der Waals surface area contributed by atoms with E-state index < -0.39 is 0 Å². The van der Waals surface area contributed by atoms with E-state index in [1.165, 1.54) is 22.5 Å². The summed E-state index contributed by atoms with van der Waals surface area (Å²) in [5.41, 5.74) is 5.27. The molecule has 21 heavy (non-hydrogen) atoms. The van der Waals surface area contributed by atoms with Gasteiger partial charge in [-0.1, -0.05) is 57.5 Å². The van der Waals surface area contributed by atoms with Crippen molar-refractivity contribution >= 4 is 0 Å². The van der Waals surface area contributed by atoms with E-state index in [9.17, 15) is 0 Å². The van der Waals surface area contributed by atoms with Gasteiger partial charge in [-0.3, -0.25) is 4.68 Å². The van der Waals surface area contributed by atoms with E-state index >= 15 is 0 Å². The largest absolute Gasteiger partial charge is 0.266 e. The molecule has 2 aromatic rings. The molecule has 0 unspecified atom stereocenters. The minimum Gasteiger partial charge on any atom is -0.266 e. The maximum atomic E-state index is 4.92. The van der Waals surface area contributed by atoms with Crippen LogP contribution >= 0.6 is 0 Å². The van der Waals surface area contributed by atoms with Gasteiger partial charge in [-0.25, -0.2) is 0 Å². The number of benzene rings is 1. The summed E-state index contributed by atoms with van der Waals surface area (Å²) in [4.78, 5) is 0. The first kappa shape index (κ1) is 18.2. The molecule has 1 heterocycles. The molecule has 0 radical (unpaired) electrons. The van der Waals surface area contributed by atoms with Crippen molar-refractivity contribution in [2.75, 3.05) is 0 Å². The summed E-state index contributed by atoms with van der Waals surface area (Å²) in [7, 11) is 0. The molecule has 0 saturated heterocycles. The molecule has 0 fully saturated rings. The van der Waals surface area contributed by atoms with Crippen molar-refractivity contribution in [3.05, 3.63) is 41.7 Å². The molecule has 2 rings (SSSR count). The van der Waals surface area contributed by atoms with Gasteiger partial charge in [0, 0.05) is 38.4 Å². The number of aromatic nitrogens is 2. The van der Waals surface area contributed by atoms with Gasteiger partial charge in [0.1, 0.15) is 0 Å². The van der Waals surface area contributed by atoms with Gasteiger partial charge in [-0.05, 0) is 31.7 Å². The summed E-state index contributed by atoms with van der Waals surface area (Å²) in [6.07, 6.45) is 2.23. The summed E-state index contributed by atoms with van der Waals surface area (Å²) >= 11 is 0. The van der Waals surface area contributed by atoms with Crippen LogP contribution < -0.4 is 0 Å².